The minimum atomic E-state index is -0.101. The lowest BCUT2D eigenvalue weighted by Gasteiger charge is -2.05. The van der Waals surface area contributed by atoms with E-state index in [1.54, 1.807) is 13.0 Å². The predicted octanol–water partition coefficient (Wildman–Crippen LogP) is 2.42. The Bertz CT molecular complexity index is 595. The molecule has 0 saturated carbocycles. The number of carbonyl (C=O) groups excluding carboxylic acids is 1. The monoisotopic (exact) mass is 323 g/mol. The molecule has 0 atom stereocenters. The van der Waals surface area contributed by atoms with Crippen LogP contribution in [0.3, 0.4) is 0 Å². The van der Waals surface area contributed by atoms with Gasteiger partial charge in [0, 0.05) is 29.9 Å². The zero-order valence-electron chi connectivity index (χ0n) is 10.7. The second kappa shape index (κ2) is 5.97. The summed E-state index contributed by atoms with van der Waals surface area (Å²) < 4.78 is 5.85. The molecule has 0 spiro atoms. The molecule has 0 saturated heterocycles. The maximum absolute atomic E-state index is 11.9. The van der Waals surface area contributed by atoms with Crippen molar-refractivity contribution in [2.75, 3.05) is 6.54 Å². The van der Waals surface area contributed by atoms with Crippen LogP contribution in [0.5, 0.6) is 0 Å². The van der Waals surface area contributed by atoms with Gasteiger partial charge in [-0.25, -0.2) is 0 Å². The summed E-state index contributed by atoms with van der Waals surface area (Å²) in [5.41, 5.74) is 1.67. The van der Waals surface area contributed by atoms with Crippen molar-refractivity contribution in [1.29, 1.82) is 0 Å². The van der Waals surface area contributed by atoms with Crippen LogP contribution in [-0.4, -0.2) is 22.6 Å². The van der Waals surface area contributed by atoms with Crippen molar-refractivity contribution in [3.8, 4) is 0 Å². The summed E-state index contributed by atoms with van der Waals surface area (Å²) in [6.07, 6.45) is 0.554. The van der Waals surface area contributed by atoms with Gasteiger partial charge in [0.05, 0.1) is 0 Å². The predicted molar refractivity (Wildman–Crippen MR) is 74.0 cm³/mol. The lowest BCUT2D eigenvalue weighted by Crippen LogP contribution is -2.26. The van der Waals surface area contributed by atoms with E-state index in [9.17, 15) is 4.79 Å². The zero-order chi connectivity index (χ0) is 13.8. The molecule has 19 heavy (non-hydrogen) atoms. The molecule has 0 aliphatic rings. The summed E-state index contributed by atoms with van der Waals surface area (Å²) in [5.74, 6) is 1.03. The highest BCUT2D eigenvalue weighted by Crippen LogP contribution is 2.16. The Morgan fingerprint density at radius 1 is 1.42 bits per heavy atom. The molecule has 6 heteroatoms. The van der Waals surface area contributed by atoms with Crippen LogP contribution in [-0.2, 0) is 6.42 Å². The second-order valence-corrected chi connectivity index (χ2v) is 5.05. The average molecular weight is 324 g/mol. The molecule has 0 fully saturated rings. The standard InChI is InChI=1S/C13H14BrN3O2/c1-8-7-10(3-4-11(8)14)13(18)15-6-5-12-16-9(2)19-17-12/h3-4,7H,5-6H2,1-2H3,(H,15,18). The van der Waals surface area contributed by atoms with E-state index in [0.717, 1.165) is 10.0 Å². The number of halogens is 1. The highest BCUT2D eigenvalue weighted by Gasteiger charge is 2.07. The summed E-state index contributed by atoms with van der Waals surface area (Å²) in [5, 5.41) is 6.59. The Morgan fingerprint density at radius 2 is 2.21 bits per heavy atom. The normalized spacial score (nSPS) is 10.5. The first-order chi connectivity index (χ1) is 9.06. The topological polar surface area (TPSA) is 68.0 Å². The second-order valence-electron chi connectivity index (χ2n) is 4.20. The van der Waals surface area contributed by atoms with Crippen molar-refractivity contribution < 1.29 is 9.32 Å². The smallest absolute Gasteiger partial charge is 0.251 e. The molecule has 0 aliphatic heterocycles. The van der Waals surface area contributed by atoms with Crippen LogP contribution in [0.2, 0.25) is 0 Å². The first-order valence-electron chi connectivity index (χ1n) is 5.90. The largest absolute Gasteiger partial charge is 0.352 e. The molecular weight excluding hydrogens is 310 g/mol. The Kier molecular flexibility index (Phi) is 4.31. The summed E-state index contributed by atoms with van der Waals surface area (Å²) >= 11 is 3.41. The number of nitrogens with one attached hydrogen (secondary N) is 1. The molecule has 5 nitrogen and oxygen atoms in total. The maximum atomic E-state index is 11.9. The molecule has 1 amide bonds. The molecule has 0 unspecified atom stereocenters. The first-order valence-corrected chi connectivity index (χ1v) is 6.69. The molecule has 0 bridgehead atoms. The molecule has 0 radical (unpaired) electrons. The number of aromatic nitrogens is 2. The Morgan fingerprint density at radius 3 is 2.84 bits per heavy atom. The van der Waals surface area contributed by atoms with Gasteiger partial charge in [-0.05, 0) is 30.7 Å². The van der Waals surface area contributed by atoms with Crippen LogP contribution in [0.1, 0.15) is 27.6 Å². The van der Waals surface area contributed by atoms with Gasteiger partial charge in [-0.2, -0.15) is 4.98 Å². The number of benzene rings is 1. The van der Waals surface area contributed by atoms with Gasteiger partial charge in [-0.1, -0.05) is 21.1 Å². The zero-order valence-corrected chi connectivity index (χ0v) is 12.3. The van der Waals surface area contributed by atoms with Gasteiger partial charge in [0.1, 0.15) is 0 Å². The van der Waals surface area contributed by atoms with Crippen molar-refractivity contribution in [1.82, 2.24) is 15.5 Å². The van der Waals surface area contributed by atoms with Crippen LogP contribution >= 0.6 is 15.9 Å². The SMILES string of the molecule is Cc1nc(CCNC(=O)c2ccc(Br)c(C)c2)no1. The van der Waals surface area contributed by atoms with Crippen LogP contribution in [0.25, 0.3) is 0 Å². The number of rotatable bonds is 4. The van der Waals surface area contributed by atoms with E-state index >= 15 is 0 Å². The summed E-state index contributed by atoms with van der Waals surface area (Å²) in [6, 6.07) is 5.50. The van der Waals surface area contributed by atoms with E-state index in [2.05, 4.69) is 31.4 Å². The highest BCUT2D eigenvalue weighted by atomic mass is 79.9. The number of amides is 1. The number of nitrogens with zero attached hydrogens (tertiary/aromatic N) is 2. The molecule has 0 aliphatic carbocycles. The first kappa shape index (κ1) is 13.7. The molecule has 1 N–H and O–H groups in total. The number of hydrogen-bond donors (Lipinski definition) is 1. The minimum Gasteiger partial charge on any atom is -0.352 e. The average Bonchev–Trinajstić information content (AvgIpc) is 2.78. The quantitative estimate of drug-likeness (QED) is 0.938. The maximum Gasteiger partial charge on any atom is 0.251 e. The van der Waals surface area contributed by atoms with E-state index in [0.29, 0.717) is 30.2 Å². The molecule has 1 aromatic heterocycles. The third kappa shape index (κ3) is 3.64. The van der Waals surface area contributed by atoms with Crippen molar-refractivity contribution >= 4 is 21.8 Å². The van der Waals surface area contributed by atoms with Gasteiger partial charge in [0.25, 0.3) is 5.91 Å². The van der Waals surface area contributed by atoms with Crippen LogP contribution in [0.15, 0.2) is 27.2 Å². The number of hydrogen-bond acceptors (Lipinski definition) is 4. The molecule has 2 aromatic rings. The van der Waals surface area contributed by atoms with Crippen molar-refractivity contribution in [3.05, 3.63) is 45.5 Å². The minimum absolute atomic E-state index is 0.101. The number of aryl methyl sites for hydroxylation is 2. The van der Waals surface area contributed by atoms with Crippen LogP contribution in [0.4, 0.5) is 0 Å². The third-order valence-electron chi connectivity index (χ3n) is 2.62. The third-order valence-corrected chi connectivity index (χ3v) is 3.51. The molecule has 1 heterocycles. The van der Waals surface area contributed by atoms with Crippen LogP contribution < -0.4 is 5.32 Å². The fourth-order valence-corrected chi connectivity index (χ4v) is 1.87. The molecule has 2 rings (SSSR count). The van der Waals surface area contributed by atoms with Gasteiger partial charge >= 0.3 is 0 Å². The van der Waals surface area contributed by atoms with E-state index in [-0.39, 0.29) is 5.91 Å². The van der Waals surface area contributed by atoms with Crippen LogP contribution in [0, 0.1) is 13.8 Å². The fourth-order valence-electron chi connectivity index (χ4n) is 1.62. The van der Waals surface area contributed by atoms with Gasteiger partial charge < -0.3 is 9.84 Å². The Hall–Kier alpha value is -1.69. The van der Waals surface area contributed by atoms with Crippen molar-refractivity contribution in [2.45, 2.75) is 20.3 Å². The summed E-state index contributed by atoms with van der Waals surface area (Å²) in [4.78, 5) is 16.0. The lowest BCUT2D eigenvalue weighted by atomic mass is 10.1. The fraction of sp³-hybridized carbons (Fsp3) is 0.308. The molecule has 1 aromatic carbocycles. The molecule has 100 valence electrons. The Balaban J connectivity index is 1.89. The lowest BCUT2D eigenvalue weighted by molar-refractivity contribution is 0.0954. The highest BCUT2D eigenvalue weighted by molar-refractivity contribution is 9.10. The van der Waals surface area contributed by atoms with E-state index in [1.807, 2.05) is 19.1 Å². The number of carbonyl (C=O) groups is 1. The molecular formula is C13H14BrN3O2. The van der Waals surface area contributed by atoms with Gasteiger partial charge in [0.15, 0.2) is 5.82 Å². The van der Waals surface area contributed by atoms with E-state index in [4.69, 9.17) is 4.52 Å². The van der Waals surface area contributed by atoms with Gasteiger partial charge in [-0.3, -0.25) is 4.79 Å². The van der Waals surface area contributed by atoms with E-state index in [1.165, 1.54) is 0 Å². The van der Waals surface area contributed by atoms with Gasteiger partial charge in [0.2, 0.25) is 5.89 Å². The van der Waals surface area contributed by atoms with Crippen molar-refractivity contribution in [3.63, 3.8) is 0 Å². The van der Waals surface area contributed by atoms with Gasteiger partial charge in [-0.15, -0.1) is 0 Å². The van der Waals surface area contributed by atoms with Crippen molar-refractivity contribution in [2.24, 2.45) is 0 Å². The summed E-state index contributed by atoms with van der Waals surface area (Å²) in [6.45, 7) is 4.16. The summed E-state index contributed by atoms with van der Waals surface area (Å²) in [7, 11) is 0. The Labute approximate surface area is 119 Å². The van der Waals surface area contributed by atoms with E-state index < -0.39 is 0 Å².